The number of aryl methyl sites for hydroxylation is 3. The number of amides is 2. The molecule has 0 fully saturated rings. The van der Waals surface area contributed by atoms with Gasteiger partial charge in [0.15, 0.2) is 0 Å². The second kappa shape index (κ2) is 8.24. The number of hydrogen-bond acceptors (Lipinski definition) is 3. The van der Waals surface area contributed by atoms with Crippen molar-refractivity contribution in [1.29, 1.82) is 0 Å². The van der Waals surface area contributed by atoms with Crippen molar-refractivity contribution in [3.05, 3.63) is 113 Å². The molecule has 0 radical (unpaired) electrons. The number of hydrogen-bond donors (Lipinski definition) is 0. The Morgan fingerprint density at radius 3 is 2.31 bits per heavy atom. The van der Waals surface area contributed by atoms with Crippen molar-refractivity contribution in [1.82, 2.24) is 0 Å². The van der Waals surface area contributed by atoms with E-state index in [1.807, 2.05) is 79.7 Å². The van der Waals surface area contributed by atoms with Gasteiger partial charge in [0.25, 0.3) is 11.8 Å². The predicted molar refractivity (Wildman–Crippen MR) is 141 cm³/mol. The fourth-order valence-electron chi connectivity index (χ4n) is 5.31. The normalized spacial score (nSPS) is 15.8. The highest BCUT2D eigenvalue weighted by molar-refractivity contribution is 6.47. The van der Waals surface area contributed by atoms with Gasteiger partial charge in [-0.25, -0.2) is 4.90 Å². The minimum Gasteiger partial charge on any atom is -0.336 e. The Morgan fingerprint density at radius 2 is 1.46 bits per heavy atom. The molecule has 0 saturated heterocycles. The molecule has 0 aliphatic carbocycles. The summed E-state index contributed by atoms with van der Waals surface area (Å²) in [6, 6.07) is 27.9. The number of benzene rings is 4. The zero-order valence-corrected chi connectivity index (χ0v) is 19.9. The molecule has 4 aromatic carbocycles. The van der Waals surface area contributed by atoms with Crippen LogP contribution in [0.5, 0.6) is 0 Å². The van der Waals surface area contributed by atoms with Gasteiger partial charge in [-0.1, -0.05) is 72.8 Å². The van der Waals surface area contributed by atoms with Crippen LogP contribution in [0.2, 0.25) is 0 Å². The van der Waals surface area contributed by atoms with E-state index in [9.17, 15) is 9.59 Å². The Hall–Kier alpha value is -4.18. The average Bonchev–Trinajstić information content (AvgIpc) is 3.14. The molecular weight excluding hydrogens is 432 g/mol. The van der Waals surface area contributed by atoms with E-state index in [2.05, 4.69) is 24.0 Å². The van der Waals surface area contributed by atoms with E-state index in [1.54, 1.807) is 0 Å². The summed E-state index contributed by atoms with van der Waals surface area (Å²) in [6.07, 6.45) is 1.89. The molecule has 0 bridgehead atoms. The highest BCUT2D eigenvalue weighted by atomic mass is 16.2. The van der Waals surface area contributed by atoms with Crippen LogP contribution in [0.3, 0.4) is 0 Å². The van der Waals surface area contributed by atoms with Crippen molar-refractivity contribution in [2.24, 2.45) is 0 Å². The second-order valence-electron chi connectivity index (χ2n) is 9.35. The Bertz CT molecular complexity index is 1540. The molecular formula is C31H26N2O2. The molecule has 4 nitrogen and oxygen atoms in total. The van der Waals surface area contributed by atoms with Gasteiger partial charge in [0.05, 0.1) is 11.3 Å². The predicted octanol–water partition coefficient (Wildman–Crippen LogP) is 6.19. The number of imide groups is 1. The van der Waals surface area contributed by atoms with Gasteiger partial charge in [-0.2, -0.15) is 0 Å². The molecule has 0 saturated carbocycles. The molecule has 35 heavy (non-hydrogen) atoms. The molecule has 2 heterocycles. The molecule has 0 unspecified atom stereocenters. The monoisotopic (exact) mass is 458 g/mol. The van der Waals surface area contributed by atoms with Gasteiger partial charge >= 0.3 is 0 Å². The number of rotatable bonds is 3. The summed E-state index contributed by atoms with van der Waals surface area (Å²) >= 11 is 0. The molecule has 2 aliphatic heterocycles. The summed E-state index contributed by atoms with van der Waals surface area (Å²) in [5.41, 5.74) is 6.82. The van der Waals surface area contributed by atoms with Crippen LogP contribution in [0, 0.1) is 13.8 Å². The quantitative estimate of drug-likeness (QED) is 0.344. The molecule has 0 aromatic heterocycles. The Labute approximate surface area is 205 Å². The third-order valence-electron chi connectivity index (χ3n) is 7.24. The van der Waals surface area contributed by atoms with Crippen LogP contribution in [-0.4, -0.2) is 18.4 Å². The summed E-state index contributed by atoms with van der Waals surface area (Å²) in [7, 11) is 0. The fourth-order valence-corrected chi connectivity index (χ4v) is 5.31. The zero-order chi connectivity index (χ0) is 24.1. The molecule has 4 heteroatoms. The van der Waals surface area contributed by atoms with Gasteiger partial charge < -0.3 is 4.90 Å². The van der Waals surface area contributed by atoms with E-state index < -0.39 is 0 Å². The number of carbonyl (C=O) groups excluding carboxylic acids is 2. The molecule has 2 aliphatic rings. The Kier molecular flexibility index (Phi) is 5.03. The maximum Gasteiger partial charge on any atom is 0.282 e. The van der Waals surface area contributed by atoms with Gasteiger partial charge in [0.2, 0.25) is 0 Å². The Morgan fingerprint density at radius 1 is 0.714 bits per heavy atom. The third kappa shape index (κ3) is 3.36. The molecule has 0 spiro atoms. The van der Waals surface area contributed by atoms with Crippen molar-refractivity contribution in [3.63, 3.8) is 0 Å². The van der Waals surface area contributed by atoms with E-state index in [1.165, 1.54) is 10.5 Å². The van der Waals surface area contributed by atoms with E-state index in [0.717, 1.165) is 46.0 Å². The summed E-state index contributed by atoms with van der Waals surface area (Å²) < 4.78 is 0. The molecule has 6 rings (SSSR count). The van der Waals surface area contributed by atoms with Crippen molar-refractivity contribution < 1.29 is 9.59 Å². The number of para-hydroxylation sites is 1. The first kappa shape index (κ1) is 21.4. The van der Waals surface area contributed by atoms with Crippen molar-refractivity contribution in [2.45, 2.75) is 26.7 Å². The fraction of sp³-hybridized carbons (Fsp3) is 0.161. The summed E-state index contributed by atoms with van der Waals surface area (Å²) in [6.45, 7) is 4.79. The van der Waals surface area contributed by atoms with Crippen LogP contribution in [0.1, 0.15) is 28.7 Å². The van der Waals surface area contributed by atoms with Crippen molar-refractivity contribution in [3.8, 4) is 0 Å². The maximum absolute atomic E-state index is 14.2. The SMILES string of the molecule is Cc1ccc(C2=C(N3CCCc4ccccc43)C(=O)N(c3cccc4ccccc34)C2=O)cc1C. The second-order valence-corrected chi connectivity index (χ2v) is 9.35. The van der Waals surface area contributed by atoms with Crippen LogP contribution < -0.4 is 9.80 Å². The standard InChI is InChI=1S/C31H26N2O2/c1-20-16-17-24(19-21(20)2)28-29(32-18-8-12-23-10-4-6-14-26(23)32)31(35)33(30(28)34)27-15-7-11-22-9-3-5-13-25(22)27/h3-7,9-11,13-17,19H,8,12,18H2,1-2H3. The number of nitrogens with zero attached hydrogens (tertiary/aromatic N) is 2. The van der Waals surface area contributed by atoms with Crippen molar-refractivity contribution in [2.75, 3.05) is 16.3 Å². The molecule has 2 amide bonds. The van der Waals surface area contributed by atoms with E-state index in [-0.39, 0.29) is 11.8 Å². The van der Waals surface area contributed by atoms with Crippen LogP contribution in [0.15, 0.2) is 90.6 Å². The van der Waals surface area contributed by atoms with E-state index in [0.29, 0.717) is 23.5 Å². The molecule has 172 valence electrons. The number of anilines is 2. The van der Waals surface area contributed by atoms with Crippen LogP contribution in [0.4, 0.5) is 11.4 Å². The van der Waals surface area contributed by atoms with E-state index in [4.69, 9.17) is 0 Å². The molecule has 0 atom stereocenters. The largest absolute Gasteiger partial charge is 0.336 e. The van der Waals surface area contributed by atoms with Crippen LogP contribution in [-0.2, 0) is 16.0 Å². The summed E-state index contributed by atoms with van der Waals surface area (Å²) in [4.78, 5) is 31.8. The first-order valence-corrected chi connectivity index (χ1v) is 12.1. The molecule has 0 N–H and O–H groups in total. The smallest absolute Gasteiger partial charge is 0.282 e. The first-order chi connectivity index (χ1) is 17.0. The van der Waals surface area contributed by atoms with Crippen molar-refractivity contribution >= 4 is 39.5 Å². The number of carbonyl (C=O) groups is 2. The highest BCUT2D eigenvalue weighted by Gasteiger charge is 2.44. The highest BCUT2D eigenvalue weighted by Crippen LogP contribution is 2.41. The van der Waals surface area contributed by atoms with E-state index >= 15 is 0 Å². The molecule has 4 aromatic rings. The van der Waals surface area contributed by atoms with Gasteiger partial charge in [-0.3, -0.25) is 9.59 Å². The Balaban J connectivity index is 1.58. The van der Waals surface area contributed by atoms with Crippen LogP contribution >= 0.6 is 0 Å². The van der Waals surface area contributed by atoms with Crippen LogP contribution in [0.25, 0.3) is 16.3 Å². The average molecular weight is 459 g/mol. The first-order valence-electron chi connectivity index (χ1n) is 12.1. The summed E-state index contributed by atoms with van der Waals surface area (Å²) in [5, 5.41) is 1.88. The lowest BCUT2D eigenvalue weighted by Crippen LogP contribution is -2.37. The van der Waals surface area contributed by atoms with Gasteiger partial charge in [0.1, 0.15) is 5.70 Å². The lowest BCUT2D eigenvalue weighted by Gasteiger charge is -2.32. The maximum atomic E-state index is 14.2. The summed E-state index contributed by atoms with van der Waals surface area (Å²) in [5.74, 6) is -0.538. The zero-order valence-electron chi connectivity index (χ0n) is 19.9. The van der Waals surface area contributed by atoms with Gasteiger partial charge in [-0.05, 0) is 66.5 Å². The minimum atomic E-state index is -0.271. The lowest BCUT2D eigenvalue weighted by molar-refractivity contribution is -0.120. The van der Waals surface area contributed by atoms with Gasteiger partial charge in [-0.15, -0.1) is 0 Å². The topological polar surface area (TPSA) is 40.6 Å². The minimum absolute atomic E-state index is 0.267. The number of fused-ring (bicyclic) bond motifs is 2. The van der Waals surface area contributed by atoms with Gasteiger partial charge in [0, 0.05) is 17.6 Å². The lowest BCUT2D eigenvalue weighted by atomic mass is 9.97. The third-order valence-corrected chi connectivity index (χ3v) is 7.24.